The first-order valence-corrected chi connectivity index (χ1v) is 7.46. The molecule has 0 heterocycles. The van der Waals surface area contributed by atoms with E-state index in [9.17, 15) is 4.79 Å². The van der Waals surface area contributed by atoms with Gasteiger partial charge in [0.1, 0.15) is 5.75 Å². The van der Waals surface area contributed by atoms with Gasteiger partial charge in [-0.25, -0.2) is 4.79 Å². The topological polar surface area (TPSA) is 26.3 Å². The van der Waals surface area contributed by atoms with Crippen molar-refractivity contribution in [1.82, 2.24) is 0 Å². The molecule has 104 valence electrons. The number of hydrogen-bond acceptors (Lipinski definition) is 2. The normalized spacial score (nSPS) is 10.6. The van der Waals surface area contributed by atoms with Gasteiger partial charge in [-0.05, 0) is 47.2 Å². The molecule has 0 aliphatic heterocycles. The van der Waals surface area contributed by atoms with Gasteiger partial charge in [0.25, 0.3) is 0 Å². The molecule has 0 saturated heterocycles. The average molecular weight is 362 g/mol. The molecule has 0 aromatic heterocycles. The summed E-state index contributed by atoms with van der Waals surface area (Å²) in [7, 11) is 0. The molecule has 0 saturated carbocycles. The van der Waals surface area contributed by atoms with Crippen molar-refractivity contribution < 1.29 is 9.53 Å². The van der Waals surface area contributed by atoms with E-state index in [4.69, 9.17) is 16.3 Å². The first-order valence-electron chi connectivity index (χ1n) is 6.29. The molecule has 4 heteroatoms. The molecule has 0 radical (unpaired) electrons. The maximum atomic E-state index is 12.1. The van der Waals surface area contributed by atoms with Crippen LogP contribution in [-0.4, -0.2) is 5.97 Å². The van der Waals surface area contributed by atoms with Crippen molar-refractivity contribution in [1.29, 1.82) is 0 Å². The predicted molar refractivity (Wildman–Crippen MR) is 88.1 cm³/mol. The van der Waals surface area contributed by atoms with Crippen LogP contribution >= 0.6 is 27.5 Å². The average Bonchev–Trinajstić information content (AvgIpc) is 2.48. The van der Waals surface area contributed by atoms with Crippen LogP contribution < -0.4 is 4.74 Å². The maximum Gasteiger partial charge on any atom is 0.345 e. The highest BCUT2D eigenvalue weighted by Gasteiger charge is 2.12. The molecule has 0 unspecified atom stereocenters. The Morgan fingerprint density at radius 2 is 1.67 bits per heavy atom. The van der Waals surface area contributed by atoms with Crippen molar-refractivity contribution in [2.24, 2.45) is 0 Å². The lowest BCUT2D eigenvalue weighted by molar-refractivity contribution is 0.0735. The minimum atomic E-state index is -0.461. The Balaban J connectivity index is 1.90. The number of halogens is 2. The predicted octanol–water partition coefficient (Wildman–Crippen LogP) is 5.47. The number of fused-ring (bicyclic) bond motifs is 1. The van der Waals surface area contributed by atoms with E-state index < -0.39 is 5.97 Å². The summed E-state index contributed by atoms with van der Waals surface area (Å²) in [5, 5.41) is 2.46. The molecule has 3 aromatic rings. The summed E-state index contributed by atoms with van der Waals surface area (Å²) in [5.74, 6) is 0.0341. The summed E-state index contributed by atoms with van der Waals surface area (Å²) in [6.45, 7) is 0. The summed E-state index contributed by atoms with van der Waals surface area (Å²) < 4.78 is 6.39. The molecule has 0 amide bonds. The van der Waals surface area contributed by atoms with Gasteiger partial charge >= 0.3 is 5.97 Å². The summed E-state index contributed by atoms with van der Waals surface area (Å²) in [5.41, 5.74) is 0.357. The van der Waals surface area contributed by atoms with E-state index in [1.165, 1.54) is 0 Å². The molecule has 2 nitrogen and oxygen atoms in total. The van der Waals surface area contributed by atoms with Gasteiger partial charge in [-0.2, -0.15) is 0 Å². The van der Waals surface area contributed by atoms with Crippen LogP contribution in [0.15, 0.2) is 65.1 Å². The molecule has 0 aliphatic carbocycles. The second-order valence-corrected chi connectivity index (χ2v) is 5.85. The van der Waals surface area contributed by atoms with Crippen LogP contribution in [-0.2, 0) is 0 Å². The zero-order valence-corrected chi connectivity index (χ0v) is 13.2. The van der Waals surface area contributed by atoms with Gasteiger partial charge in [0, 0.05) is 4.47 Å². The summed E-state index contributed by atoms with van der Waals surface area (Å²) >= 11 is 9.42. The van der Waals surface area contributed by atoms with Crippen molar-refractivity contribution >= 4 is 44.3 Å². The van der Waals surface area contributed by atoms with E-state index in [-0.39, 0.29) is 0 Å². The lowest BCUT2D eigenvalue weighted by atomic mass is 10.1. The molecule has 3 aromatic carbocycles. The highest BCUT2D eigenvalue weighted by molar-refractivity contribution is 9.10. The van der Waals surface area contributed by atoms with E-state index in [1.54, 1.807) is 30.3 Å². The smallest absolute Gasteiger partial charge is 0.345 e. The number of benzene rings is 3. The molecule has 0 spiro atoms. The minimum Gasteiger partial charge on any atom is -0.423 e. The highest BCUT2D eigenvalue weighted by atomic mass is 79.9. The molecule has 21 heavy (non-hydrogen) atoms. The Bertz CT molecular complexity index is 830. The summed E-state index contributed by atoms with van der Waals surface area (Å²) in [6, 6.07) is 18.3. The number of carbonyl (C=O) groups is 1. The highest BCUT2D eigenvalue weighted by Crippen LogP contribution is 2.25. The summed E-state index contributed by atoms with van der Waals surface area (Å²) in [6.07, 6.45) is 0. The molecule has 0 N–H and O–H groups in total. The van der Waals surface area contributed by atoms with Gasteiger partial charge in [0.05, 0.1) is 10.6 Å². The largest absolute Gasteiger partial charge is 0.423 e. The fourth-order valence-corrected chi connectivity index (χ4v) is 2.64. The van der Waals surface area contributed by atoms with Crippen LogP contribution in [0.4, 0.5) is 0 Å². The Hall–Kier alpha value is -1.84. The molecule has 0 bridgehead atoms. The molecule has 0 aliphatic rings. The van der Waals surface area contributed by atoms with Gasteiger partial charge in [-0.15, -0.1) is 0 Å². The Labute approximate surface area is 135 Å². The number of ether oxygens (including phenoxy) is 1. The Morgan fingerprint density at radius 3 is 2.48 bits per heavy atom. The third-order valence-electron chi connectivity index (χ3n) is 3.08. The molecule has 3 rings (SSSR count). The van der Waals surface area contributed by atoms with Crippen LogP contribution in [0.1, 0.15) is 10.4 Å². The molecule has 0 fully saturated rings. The van der Waals surface area contributed by atoms with Crippen molar-refractivity contribution in [2.45, 2.75) is 0 Å². The molecular formula is C17H10BrClO2. The maximum absolute atomic E-state index is 12.1. The van der Waals surface area contributed by atoms with E-state index >= 15 is 0 Å². The second kappa shape index (κ2) is 5.88. The summed E-state index contributed by atoms with van der Waals surface area (Å²) in [4.78, 5) is 12.1. The first kappa shape index (κ1) is 14.1. The SMILES string of the molecule is O=C(Oc1ccc2cc(Br)ccc2c1)c1ccccc1Cl. The minimum absolute atomic E-state index is 0.357. The number of carbonyl (C=O) groups excluding carboxylic acids is 1. The third-order valence-corrected chi connectivity index (χ3v) is 3.90. The van der Waals surface area contributed by atoms with Crippen molar-refractivity contribution in [3.05, 3.63) is 75.7 Å². The fraction of sp³-hybridized carbons (Fsp3) is 0. The van der Waals surface area contributed by atoms with Gasteiger partial charge in [0.2, 0.25) is 0 Å². The van der Waals surface area contributed by atoms with E-state index in [0.29, 0.717) is 16.3 Å². The van der Waals surface area contributed by atoms with Crippen LogP contribution in [0.25, 0.3) is 10.8 Å². The van der Waals surface area contributed by atoms with Gasteiger partial charge in [-0.1, -0.05) is 51.8 Å². The van der Waals surface area contributed by atoms with Crippen LogP contribution in [0.3, 0.4) is 0 Å². The monoisotopic (exact) mass is 360 g/mol. The van der Waals surface area contributed by atoms with Crippen LogP contribution in [0.5, 0.6) is 5.75 Å². The van der Waals surface area contributed by atoms with Gasteiger partial charge in [-0.3, -0.25) is 0 Å². The van der Waals surface area contributed by atoms with E-state index in [0.717, 1.165) is 15.2 Å². The number of hydrogen-bond donors (Lipinski definition) is 0. The molecular weight excluding hydrogens is 352 g/mol. The molecule has 0 atom stereocenters. The zero-order chi connectivity index (χ0) is 14.8. The Kier molecular flexibility index (Phi) is 3.95. The third kappa shape index (κ3) is 3.09. The second-order valence-electron chi connectivity index (χ2n) is 4.52. The quantitative estimate of drug-likeness (QED) is 0.446. The van der Waals surface area contributed by atoms with Gasteiger partial charge < -0.3 is 4.74 Å². The van der Waals surface area contributed by atoms with E-state index in [1.807, 2.05) is 30.3 Å². The first-order chi connectivity index (χ1) is 10.1. The Morgan fingerprint density at radius 1 is 0.952 bits per heavy atom. The van der Waals surface area contributed by atoms with Crippen molar-refractivity contribution in [2.75, 3.05) is 0 Å². The lowest BCUT2D eigenvalue weighted by Gasteiger charge is -2.07. The number of rotatable bonds is 2. The van der Waals surface area contributed by atoms with Crippen LogP contribution in [0, 0.1) is 0 Å². The van der Waals surface area contributed by atoms with Crippen molar-refractivity contribution in [3.8, 4) is 5.75 Å². The standard InChI is InChI=1S/C17H10BrClO2/c18-13-7-5-12-10-14(8-6-11(12)9-13)21-17(20)15-3-1-2-4-16(15)19/h1-10H. The van der Waals surface area contributed by atoms with Crippen LogP contribution in [0.2, 0.25) is 5.02 Å². The number of esters is 1. The van der Waals surface area contributed by atoms with E-state index in [2.05, 4.69) is 15.9 Å². The lowest BCUT2D eigenvalue weighted by Crippen LogP contribution is -2.08. The van der Waals surface area contributed by atoms with Gasteiger partial charge in [0.15, 0.2) is 0 Å². The fourth-order valence-electron chi connectivity index (χ4n) is 2.05. The zero-order valence-electron chi connectivity index (χ0n) is 10.8. The van der Waals surface area contributed by atoms with Crippen molar-refractivity contribution in [3.63, 3.8) is 0 Å².